The standard InChI is InChI=1S/C15H8F3N5O/c16-15(17,18)13-21-14-20-10(12-2-1-7-24-12)8-11(23(14)22-13)9-3-5-19-6-4-9/h1-8H. The van der Waals surface area contributed by atoms with Gasteiger partial charge in [0.25, 0.3) is 11.6 Å². The third-order valence-corrected chi connectivity index (χ3v) is 3.32. The summed E-state index contributed by atoms with van der Waals surface area (Å²) in [4.78, 5) is 11.5. The molecule has 0 radical (unpaired) electrons. The lowest BCUT2D eigenvalue weighted by atomic mass is 10.1. The Morgan fingerprint density at radius 1 is 1.04 bits per heavy atom. The van der Waals surface area contributed by atoms with E-state index in [0.717, 1.165) is 4.52 Å². The van der Waals surface area contributed by atoms with Gasteiger partial charge in [0.1, 0.15) is 5.69 Å². The summed E-state index contributed by atoms with van der Waals surface area (Å²) in [5.41, 5.74) is 1.39. The Morgan fingerprint density at radius 3 is 2.50 bits per heavy atom. The fourth-order valence-corrected chi connectivity index (χ4v) is 2.27. The van der Waals surface area contributed by atoms with E-state index in [0.29, 0.717) is 22.7 Å². The molecule has 0 unspecified atom stereocenters. The van der Waals surface area contributed by atoms with E-state index in [-0.39, 0.29) is 5.78 Å². The minimum atomic E-state index is -4.66. The van der Waals surface area contributed by atoms with Crippen molar-refractivity contribution in [1.29, 1.82) is 0 Å². The summed E-state index contributed by atoms with van der Waals surface area (Å²) in [6.45, 7) is 0. The van der Waals surface area contributed by atoms with E-state index in [1.54, 1.807) is 30.3 Å². The van der Waals surface area contributed by atoms with Gasteiger partial charge in [-0.15, -0.1) is 5.10 Å². The molecule has 0 bridgehead atoms. The molecule has 0 aliphatic rings. The van der Waals surface area contributed by atoms with Crippen LogP contribution in [-0.4, -0.2) is 24.6 Å². The van der Waals surface area contributed by atoms with Crippen molar-refractivity contribution in [2.45, 2.75) is 6.18 Å². The smallest absolute Gasteiger partial charge is 0.453 e. The summed E-state index contributed by atoms with van der Waals surface area (Å²) in [7, 11) is 0. The summed E-state index contributed by atoms with van der Waals surface area (Å²) in [5, 5.41) is 3.55. The summed E-state index contributed by atoms with van der Waals surface area (Å²) in [6, 6.07) is 8.25. The second-order valence-corrected chi connectivity index (χ2v) is 4.88. The fraction of sp³-hybridized carbons (Fsp3) is 0.0667. The predicted molar refractivity (Wildman–Crippen MR) is 76.7 cm³/mol. The number of pyridine rings is 1. The highest BCUT2D eigenvalue weighted by Gasteiger charge is 2.37. The van der Waals surface area contributed by atoms with Crippen molar-refractivity contribution in [3.05, 3.63) is 54.8 Å². The number of fused-ring (bicyclic) bond motifs is 1. The van der Waals surface area contributed by atoms with Crippen LogP contribution in [0.25, 0.3) is 28.5 Å². The molecule has 4 aromatic heterocycles. The topological polar surface area (TPSA) is 69.1 Å². The molecule has 0 fully saturated rings. The molecule has 0 aromatic carbocycles. The highest BCUT2D eigenvalue weighted by atomic mass is 19.4. The van der Waals surface area contributed by atoms with Gasteiger partial charge in [0, 0.05) is 18.0 Å². The van der Waals surface area contributed by atoms with Gasteiger partial charge in [-0.2, -0.15) is 22.7 Å². The zero-order valence-electron chi connectivity index (χ0n) is 11.9. The fourth-order valence-electron chi connectivity index (χ4n) is 2.27. The molecule has 0 atom stereocenters. The summed E-state index contributed by atoms with van der Waals surface area (Å²) < 4.78 is 45.2. The van der Waals surface area contributed by atoms with Crippen LogP contribution in [0.4, 0.5) is 13.2 Å². The third kappa shape index (κ3) is 2.39. The second kappa shape index (κ2) is 5.15. The van der Waals surface area contributed by atoms with Crippen LogP contribution in [0.15, 0.2) is 53.4 Å². The summed E-state index contributed by atoms with van der Waals surface area (Å²) >= 11 is 0. The molecule has 4 rings (SSSR count). The highest BCUT2D eigenvalue weighted by molar-refractivity contribution is 5.68. The van der Waals surface area contributed by atoms with E-state index >= 15 is 0 Å². The van der Waals surface area contributed by atoms with E-state index in [1.165, 1.54) is 18.7 Å². The lowest BCUT2D eigenvalue weighted by Crippen LogP contribution is -2.07. The molecule has 0 spiro atoms. The van der Waals surface area contributed by atoms with E-state index in [9.17, 15) is 13.2 Å². The van der Waals surface area contributed by atoms with Gasteiger partial charge < -0.3 is 4.42 Å². The first-order valence-corrected chi connectivity index (χ1v) is 6.82. The summed E-state index contributed by atoms with van der Waals surface area (Å²) in [6.07, 6.45) is -0.127. The molecule has 120 valence electrons. The van der Waals surface area contributed by atoms with E-state index < -0.39 is 12.0 Å². The number of alkyl halides is 3. The van der Waals surface area contributed by atoms with Crippen molar-refractivity contribution >= 4 is 5.78 Å². The second-order valence-electron chi connectivity index (χ2n) is 4.88. The normalized spacial score (nSPS) is 12.0. The maximum atomic E-state index is 12.9. The quantitative estimate of drug-likeness (QED) is 0.562. The SMILES string of the molecule is FC(F)(F)c1nc2nc(-c3ccco3)cc(-c3ccncc3)n2n1. The molecule has 6 nitrogen and oxygen atoms in total. The molecule has 4 aromatic rings. The Balaban J connectivity index is 2.02. The largest absolute Gasteiger partial charge is 0.463 e. The van der Waals surface area contributed by atoms with Gasteiger partial charge in [0.2, 0.25) is 0 Å². The molecular formula is C15H8F3N5O. The van der Waals surface area contributed by atoms with Gasteiger partial charge in [0.05, 0.1) is 12.0 Å². The van der Waals surface area contributed by atoms with Crippen LogP contribution >= 0.6 is 0 Å². The average Bonchev–Trinajstić information content (AvgIpc) is 3.23. The van der Waals surface area contributed by atoms with Gasteiger partial charge in [0.15, 0.2) is 5.76 Å². The number of hydrogen-bond acceptors (Lipinski definition) is 5. The van der Waals surface area contributed by atoms with Crippen molar-refractivity contribution in [2.24, 2.45) is 0 Å². The molecule has 0 saturated carbocycles. The minimum Gasteiger partial charge on any atom is -0.463 e. The minimum absolute atomic E-state index is 0.164. The third-order valence-electron chi connectivity index (χ3n) is 3.32. The molecule has 4 heterocycles. The molecule has 0 aliphatic carbocycles. The molecule has 0 aliphatic heterocycles. The van der Waals surface area contributed by atoms with Gasteiger partial charge in [-0.3, -0.25) is 4.98 Å². The number of furan rings is 1. The van der Waals surface area contributed by atoms with Crippen LogP contribution in [-0.2, 0) is 6.18 Å². The Morgan fingerprint density at radius 2 is 1.83 bits per heavy atom. The Hall–Kier alpha value is -3.23. The zero-order chi connectivity index (χ0) is 16.7. The van der Waals surface area contributed by atoms with Gasteiger partial charge in [-0.25, -0.2) is 4.98 Å². The molecule has 24 heavy (non-hydrogen) atoms. The van der Waals surface area contributed by atoms with Crippen molar-refractivity contribution < 1.29 is 17.6 Å². The molecule has 0 saturated heterocycles. The number of halogens is 3. The number of rotatable bonds is 2. The van der Waals surface area contributed by atoms with Crippen LogP contribution in [0.5, 0.6) is 0 Å². The Kier molecular flexibility index (Phi) is 3.08. The maximum Gasteiger partial charge on any atom is 0.453 e. The van der Waals surface area contributed by atoms with Crippen molar-refractivity contribution in [3.8, 4) is 22.7 Å². The van der Waals surface area contributed by atoms with E-state index in [1.807, 2.05) is 0 Å². The molecular weight excluding hydrogens is 323 g/mol. The van der Waals surface area contributed by atoms with E-state index in [4.69, 9.17) is 4.42 Å². The van der Waals surface area contributed by atoms with Crippen LogP contribution < -0.4 is 0 Å². The number of nitrogens with zero attached hydrogens (tertiary/aromatic N) is 5. The highest BCUT2D eigenvalue weighted by Crippen LogP contribution is 2.30. The lowest BCUT2D eigenvalue weighted by molar-refractivity contribution is -0.144. The maximum absolute atomic E-state index is 12.9. The first-order chi connectivity index (χ1) is 11.5. The van der Waals surface area contributed by atoms with Crippen molar-refractivity contribution in [3.63, 3.8) is 0 Å². The number of hydrogen-bond donors (Lipinski definition) is 0. The van der Waals surface area contributed by atoms with E-state index in [2.05, 4.69) is 20.1 Å². The average molecular weight is 331 g/mol. The Bertz CT molecular complexity index is 993. The van der Waals surface area contributed by atoms with Crippen molar-refractivity contribution in [2.75, 3.05) is 0 Å². The van der Waals surface area contributed by atoms with Gasteiger partial charge in [-0.1, -0.05) is 0 Å². The first-order valence-electron chi connectivity index (χ1n) is 6.82. The molecule has 9 heteroatoms. The van der Waals surface area contributed by atoms with Crippen LogP contribution in [0, 0.1) is 0 Å². The lowest BCUT2D eigenvalue weighted by Gasteiger charge is -2.06. The van der Waals surface area contributed by atoms with Crippen LogP contribution in [0.3, 0.4) is 0 Å². The molecule has 0 amide bonds. The van der Waals surface area contributed by atoms with Gasteiger partial charge in [-0.05, 0) is 30.3 Å². The van der Waals surface area contributed by atoms with Gasteiger partial charge >= 0.3 is 6.18 Å². The predicted octanol–water partition coefficient (Wildman–Crippen LogP) is 3.47. The monoisotopic (exact) mass is 331 g/mol. The Labute approximate surface area is 132 Å². The number of aromatic nitrogens is 5. The molecule has 0 N–H and O–H groups in total. The first kappa shape index (κ1) is 14.4. The van der Waals surface area contributed by atoms with Crippen molar-refractivity contribution in [1.82, 2.24) is 24.6 Å². The van der Waals surface area contributed by atoms with Crippen LogP contribution in [0.1, 0.15) is 5.82 Å². The van der Waals surface area contributed by atoms with Crippen LogP contribution in [0.2, 0.25) is 0 Å². The zero-order valence-corrected chi connectivity index (χ0v) is 11.9. The summed E-state index contributed by atoms with van der Waals surface area (Å²) in [5.74, 6) is -0.991.